The molecule has 10 nitrogen and oxygen atoms in total. The molecule has 1 amide bonds. The van der Waals surface area contributed by atoms with E-state index in [9.17, 15) is 24.0 Å². The highest BCUT2D eigenvalue weighted by Crippen LogP contribution is 2.22. The fourth-order valence-corrected chi connectivity index (χ4v) is 3.65. The highest BCUT2D eigenvalue weighted by atomic mass is 16.6. The van der Waals surface area contributed by atoms with E-state index < -0.39 is 47.5 Å². The maximum Gasteiger partial charge on any atom is 0.411 e. The molecule has 2 atom stereocenters. The summed E-state index contributed by atoms with van der Waals surface area (Å²) >= 11 is 0. The monoisotopic (exact) mass is 505 g/mol. The molecule has 1 heterocycles. The smallest absolute Gasteiger partial charge is 0.411 e. The van der Waals surface area contributed by atoms with Crippen LogP contribution in [0.4, 0.5) is 4.79 Å². The maximum atomic E-state index is 13.2. The molecule has 1 aromatic carbocycles. The predicted molar refractivity (Wildman–Crippen MR) is 128 cm³/mol. The molecular formula is C26H35NO9. The van der Waals surface area contributed by atoms with Crippen LogP contribution < -0.4 is 0 Å². The van der Waals surface area contributed by atoms with E-state index in [1.165, 1.54) is 29.2 Å². The van der Waals surface area contributed by atoms with E-state index in [1.54, 1.807) is 34.6 Å². The molecular weight excluding hydrogens is 470 g/mol. The van der Waals surface area contributed by atoms with Gasteiger partial charge >= 0.3 is 24.0 Å². The summed E-state index contributed by atoms with van der Waals surface area (Å²) in [6.45, 7) is 8.84. The predicted octanol–water partition coefficient (Wildman–Crippen LogP) is 3.70. The van der Waals surface area contributed by atoms with Crippen LogP contribution in [0.5, 0.6) is 0 Å². The van der Waals surface area contributed by atoms with Crippen molar-refractivity contribution >= 4 is 29.8 Å². The third-order valence-corrected chi connectivity index (χ3v) is 5.31. The van der Waals surface area contributed by atoms with Gasteiger partial charge in [-0.05, 0) is 59.6 Å². The van der Waals surface area contributed by atoms with Crippen molar-refractivity contribution < 1.29 is 42.9 Å². The number of ether oxygens (including phenoxy) is 4. The topological polar surface area (TPSA) is 126 Å². The van der Waals surface area contributed by atoms with E-state index in [0.717, 1.165) is 6.42 Å². The zero-order valence-electron chi connectivity index (χ0n) is 21.5. The molecule has 0 spiro atoms. The number of esters is 3. The molecule has 1 fully saturated rings. The lowest BCUT2D eigenvalue weighted by atomic mass is 10.0. The van der Waals surface area contributed by atoms with E-state index in [2.05, 4.69) is 0 Å². The van der Waals surface area contributed by atoms with Gasteiger partial charge in [0.15, 0.2) is 0 Å². The minimum Gasteiger partial charge on any atom is -0.463 e. The van der Waals surface area contributed by atoms with Crippen LogP contribution >= 0.6 is 0 Å². The van der Waals surface area contributed by atoms with Gasteiger partial charge in [0.05, 0.1) is 18.8 Å². The largest absolute Gasteiger partial charge is 0.463 e. The molecule has 198 valence electrons. The van der Waals surface area contributed by atoms with Gasteiger partial charge in [0, 0.05) is 12.1 Å². The van der Waals surface area contributed by atoms with Crippen molar-refractivity contribution in [3.05, 3.63) is 35.4 Å². The number of carbonyl (C=O) groups excluding carboxylic acids is 5. The molecule has 0 saturated carbocycles. The molecule has 10 heteroatoms. The Kier molecular flexibility index (Phi) is 10.4. The van der Waals surface area contributed by atoms with Crippen molar-refractivity contribution in [3.8, 4) is 0 Å². The Morgan fingerprint density at radius 1 is 0.917 bits per heavy atom. The van der Waals surface area contributed by atoms with Gasteiger partial charge in [-0.15, -0.1) is 0 Å². The molecule has 0 bridgehead atoms. The van der Waals surface area contributed by atoms with Crippen molar-refractivity contribution in [2.75, 3.05) is 19.8 Å². The zero-order chi connectivity index (χ0) is 26.9. The van der Waals surface area contributed by atoms with Crippen LogP contribution in [0.25, 0.3) is 0 Å². The summed E-state index contributed by atoms with van der Waals surface area (Å²) in [4.78, 5) is 64.9. The first-order chi connectivity index (χ1) is 17.0. The Labute approximate surface area is 211 Å². The molecule has 1 aliphatic rings. The van der Waals surface area contributed by atoms with Gasteiger partial charge in [0.1, 0.15) is 11.6 Å². The molecule has 1 aliphatic heterocycles. The van der Waals surface area contributed by atoms with Gasteiger partial charge in [-0.1, -0.05) is 25.0 Å². The van der Waals surface area contributed by atoms with Crippen molar-refractivity contribution in [1.82, 2.24) is 4.90 Å². The molecule has 2 unspecified atom stereocenters. The lowest BCUT2D eigenvalue weighted by molar-refractivity contribution is -0.167. The van der Waals surface area contributed by atoms with Crippen LogP contribution in [0, 0.1) is 0 Å². The van der Waals surface area contributed by atoms with Crippen molar-refractivity contribution in [1.29, 1.82) is 0 Å². The van der Waals surface area contributed by atoms with E-state index in [4.69, 9.17) is 18.9 Å². The highest BCUT2D eigenvalue weighted by molar-refractivity contribution is 6.12. The van der Waals surface area contributed by atoms with Crippen LogP contribution in [0.2, 0.25) is 0 Å². The number of nitrogens with zero attached hydrogens (tertiary/aromatic N) is 1. The molecule has 0 aliphatic carbocycles. The summed E-state index contributed by atoms with van der Waals surface area (Å²) in [5.41, 5.74) is -0.500. The summed E-state index contributed by atoms with van der Waals surface area (Å²) in [5, 5.41) is 0. The second-order valence-corrected chi connectivity index (χ2v) is 9.27. The summed E-state index contributed by atoms with van der Waals surface area (Å²) in [6.07, 6.45) is -0.0937. The van der Waals surface area contributed by atoms with Gasteiger partial charge < -0.3 is 18.9 Å². The fraction of sp³-hybridized carbons (Fsp3) is 0.577. The first kappa shape index (κ1) is 28.8. The number of amides is 1. The number of carbonyl (C=O) groups is 5. The van der Waals surface area contributed by atoms with Crippen molar-refractivity contribution in [2.45, 2.75) is 78.0 Å². The number of likely N-dealkylation sites (tertiary alicyclic amines) is 1. The summed E-state index contributed by atoms with van der Waals surface area (Å²) < 4.78 is 20.8. The minimum atomic E-state index is -1.87. The number of benzene rings is 1. The van der Waals surface area contributed by atoms with Crippen LogP contribution in [-0.2, 0) is 28.5 Å². The Balaban J connectivity index is 2.27. The third-order valence-electron chi connectivity index (χ3n) is 5.31. The van der Waals surface area contributed by atoms with Crippen LogP contribution in [0.1, 0.15) is 81.0 Å². The van der Waals surface area contributed by atoms with Crippen LogP contribution in [0.15, 0.2) is 24.3 Å². The van der Waals surface area contributed by atoms with Gasteiger partial charge in [-0.25, -0.2) is 19.2 Å². The summed E-state index contributed by atoms with van der Waals surface area (Å²) in [6, 6.07) is 4.43. The summed E-state index contributed by atoms with van der Waals surface area (Å²) in [5.74, 6) is -3.28. The summed E-state index contributed by atoms with van der Waals surface area (Å²) in [7, 11) is 0. The number of rotatable bonds is 8. The molecule has 1 saturated heterocycles. The van der Waals surface area contributed by atoms with Gasteiger partial charge in [-0.2, -0.15) is 0 Å². The number of ketones is 1. The normalized spacial score (nSPS) is 16.8. The number of hydrogen-bond donors (Lipinski definition) is 0. The number of Topliss-reactive ketones (excluding diaryl/α,β-unsaturated/α-hetero) is 1. The standard InChI is InChI=1S/C26H35NO9/c1-6-33-22(29)18-14-12-17(13-15-18)20(28)21(24(31)34-7-2)35-23(30)19-11-9-8-10-16-27(19)25(32)36-26(3,4)5/h12-15,19,21H,6-11,16H2,1-5H3. The zero-order valence-corrected chi connectivity index (χ0v) is 21.5. The SMILES string of the molecule is CCOC(=O)c1ccc(C(=O)C(OC(=O)C2CCCCCN2C(=O)OC(C)(C)C)C(=O)OCC)cc1. The van der Waals surface area contributed by atoms with E-state index in [-0.39, 0.29) is 30.9 Å². The average molecular weight is 506 g/mol. The minimum absolute atomic E-state index is 0.0323. The van der Waals surface area contributed by atoms with Gasteiger partial charge in [0.25, 0.3) is 6.10 Å². The van der Waals surface area contributed by atoms with E-state index >= 15 is 0 Å². The Bertz CT molecular complexity index is 949. The van der Waals surface area contributed by atoms with Crippen molar-refractivity contribution in [3.63, 3.8) is 0 Å². The molecule has 0 radical (unpaired) electrons. The third kappa shape index (κ3) is 8.07. The molecule has 0 aromatic heterocycles. The Hall–Kier alpha value is -3.43. The quantitative estimate of drug-likeness (QED) is 0.225. The highest BCUT2D eigenvalue weighted by Gasteiger charge is 2.39. The first-order valence-electron chi connectivity index (χ1n) is 12.2. The average Bonchev–Trinajstić information content (AvgIpc) is 3.08. The Morgan fingerprint density at radius 3 is 2.11 bits per heavy atom. The number of hydrogen-bond acceptors (Lipinski definition) is 9. The van der Waals surface area contributed by atoms with Crippen LogP contribution in [-0.4, -0.2) is 72.2 Å². The second-order valence-electron chi connectivity index (χ2n) is 9.27. The first-order valence-corrected chi connectivity index (χ1v) is 12.2. The molecule has 2 rings (SSSR count). The van der Waals surface area contributed by atoms with Crippen LogP contribution in [0.3, 0.4) is 0 Å². The lowest BCUT2D eigenvalue weighted by Crippen LogP contribution is -2.49. The molecule has 0 N–H and O–H groups in total. The van der Waals surface area contributed by atoms with E-state index in [1.807, 2.05) is 0 Å². The van der Waals surface area contributed by atoms with Crippen molar-refractivity contribution in [2.24, 2.45) is 0 Å². The maximum absolute atomic E-state index is 13.2. The fourth-order valence-electron chi connectivity index (χ4n) is 3.65. The van der Waals surface area contributed by atoms with Gasteiger partial charge in [-0.3, -0.25) is 9.69 Å². The van der Waals surface area contributed by atoms with E-state index in [0.29, 0.717) is 19.3 Å². The lowest BCUT2D eigenvalue weighted by Gasteiger charge is -2.31. The molecule has 1 aromatic rings. The molecule has 36 heavy (non-hydrogen) atoms. The van der Waals surface area contributed by atoms with Gasteiger partial charge in [0.2, 0.25) is 5.78 Å². The second kappa shape index (κ2) is 13.0. The Morgan fingerprint density at radius 2 is 1.53 bits per heavy atom.